The van der Waals surface area contributed by atoms with Crippen LogP contribution in [0, 0.1) is 0 Å². The normalized spacial score (nSPS) is 12.6. The van der Waals surface area contributed by atoms with E-state index >= 15 is 0 Å². The molecule has 0 fully saturated rings. The van der Waals surface area contributed by atoms with Crippen molar-refractivity contribution in [3.63, 3.8) is 0 Å². The Morgan fingerprint density at radius 1 is 0.889 bits per heavy atom. The predicted octanol–water partition coefficient (Wildman–Crippen LogP) is 3.97. The maximum absolute atomic E-state index is 12.6. The summed E-state index contributed by atoms with van der Waals surface area (Å²) in [5, 5.41) is 0. The molecule has 0 aliphatic carbocycles. The van der Waals surface area contributed by atoms with Crippen molar-refractivity contribution in [1.29, 1.82) is 0 Å². The SMILES string of the molecule is CC(CN(C(C)C)C(C)C)Oc1ccc(C(=O)c2ccc(N)c(N)c2)cc1. The summed E-state index contributed by atoms with van der Waals surface area (Å²) in [5.74, 6) is 0.662. The lowest BCUT2D eigenvalue weighted by atomic mass is 10.0. The fourth-order valence-corrected chi connectivity index (χ4v) is 3.15. The first-order valence-corrected chi connectivity index (χ1v) is 9.41. The smallest absolute Gasteiger partial charge is 0.193 e. The number of nitrogen functional groups attached to an aromatic ring is 2. The number of rotatable bonds is 8. The number of nitrogens with two attached hydrogens (primary N) is 2. The summed E-state index contributed by atoms with van der Waals surface area (Å²) in [6, 6.07) is 13.1. The molecule has 0 aliphatic rings. The molecule has 0 aliphatic heterocycles. The summed E-state index contributed by atoms with van der Waals surface area (Å²) < 4.78 is 6.03. The second-order valence-electron chi connectivity index (χ2n) is 7.51. The van der Waals surface area contributed by atoms with E-state index in [0.29, 0.717) is 34.6 Å². The van der Waals surface area contributed by atoms with Gasteiger partial charge in [-0.1, -0.05) is 0 Å². The van der Waals surface area contributed by atoms with Gasteiger partial charge in [0.15, 0.2) is 5.78 Å². The molecule has 5 heteroatoms. The number of carbonyl (C=O) groups excluding carboxylic acids is 1. The monoisotopic (exact) mass is 369 g/mol. The van der Waals surface area contributed by atoms with Crippen molar-refractivity contribution in [2.75, 3.05) is 18.0 Å². The third-order valence-corrected chi connectivity index (χ3v) is 4.60. The minimum atomic E-state index is -0.0907. The van der Waals surface area contributed by atoms with E-state index in [-0.39, 0.29) is 11.9 Å². The van der Waals surface area contributed by atoms with E-state index < -0.39 is 0 Å². The van der Waals surface area contributed by atoms with Crippen LogP contribution in [0.3, 0.4) is 0 Å². The molecule has 1 atom stereocenters. The number of carbonyl (C=O) groups is 1. The van der Waals surface area contributed by atoms with Crippen LogP contribution in [0.15, 0.2) is 42.5 Å². The van der Waals surface area contributed by atoms with Crippen molar-refractivity contribution in [2.45, 2.75) is 52.8 Å². The van der Waals surface area contributed by atoms with Crippen LogP contribution in [-0.2, 0) is 0 Å². The molecular formula is C22H31N3O2. The van der Waals surface area contributed by atoms with E-state index in [1.807, 2.05) is 12.1 Å². The molecule has 0 heterocycles. The third-order valence-electron chi connectivity index (χ3n) is 4.60. The number of anilines is 2. The van der Waals surface area contributed by atoms with Crippen LogP contribution >= 0.6 is 0 Å². The summed E-state index contributed by atoms with van der Waals surface area (Å²) in [6.45, 7) is 11.7. The van der Waals surface area contributed by atoms with Crippen molar-refractivity contribution >= 4 is 17.2 Å². The van der Waals surface area contributed by atoms with Gasteiger partial charge in [-0.3, -0.25) is 9.69 Å². The Morgan fingerprint density at radius 3 is 1.96 bits per heavy atom. The highest BCUT2D eigenvalue weighted by molar-refractivity contribution is 6.09. The Hall–Kier alpha value is -2.53. The zero-order valence-corrected chi connectivity index (χ0v) is 16.9. The number of ketones is 1. The van der Waals surface area contributed by atoms with Gasteiger partial charge in [0.25, 0.3) is 0 Å². The largest absolute Gasteiger partial charge is 0.489 e. The molecule has 2 aromatic carbocycles. The molecule has 0 saturated heterocycles. The second kappa shape index (κ2) is 8.91. The lowest BCUT2D eigenvalue weighted by Gasteiger charge is -2.32. The Kier molecular flexibility index (Phi) is 6.86. The van der Waals surface area contributed by atoms with Crippen molar-refractivity contribution in [3.8, 4) is 5.75 Å². The molecule has 0 saturated carbocycles. The molecule has 146 valence electrons. The number of hydrogen-bond acceptors (Lipinski definition) is 5. The van der Waals surface area contributed by atoms with Gasteiger partial charge in [0.05, 0.1) is 11.4 Å². The standard InChI is InChI=1S/C22H31N3O2/c1-14(2)25(15(3)4)13-16(5)27-19-9-6-17(7-10-19)22(26)18-8-11-20(23)21(24)12-18/h6-12,14-16H,13,23-24H2,1-5H3. The third kappa shape index (κ3) is 5.47. The van der Waals surface area contributed by atoms with E-state index in [2.05, 4.69) is 39.5 Å². The molecule has 4 N–H and O–H groups in total. The number of ether oxygens (including phenoxy) is 1. The lowest BCUT2D eigenvalue weighted by Crippen LogP contribution is -2.42. The van der Waals surface area contributed by atoms with Crippen LogP contribution in [0.4, 0.5) is 11.4 Å². The molecule has 0 amide bonds. The van der Waals surface area contributed by atoms with Crippen LogP contribution in [0.2, 0.25) is 0 Å². The lowest BCUT2D eigenvalue weighted by molar-refractivity contribution is 0.0994. The Balaban J connectivity index is 2.04. The molecule has 2 aromatic rings. The first kappa shape index (κ1) is 20.8. The Morgan fingerprint density at radius 2 is 1.44 bits per heavy atom. The highest BCUT2D eigenvalue weighted by atomic mass is 16.5. The molecule has 27 heavy (non-hydrogen) atoms. The maximum Gasteiger partial charge on any atom is 0.193 e. The van der Waals surface area contributed by atoms with Crippen LogP contribution in [0.5, 0.6) is 5.75 Å². The number of hydrogen-bond donors (Lipinski definition) is 2. The van der Waals surface area contributed by atoms with Gasteiger partial charge >= 0.3 is 0 Å². The molecular weight excluding hydrogens is 338 g/mol. The van der Waals surface area contributed by atoms with Gasteiger partial charge in [0.2, 0.25) is 0 Å². The highest BCUT2D eigenvalue weighted by Gasteiger charge is 2.17. The predicted molar refractivity (Wildman–Crippen MR) is 112 cm³/mol. The quantitative estimate of drug-likeness (QED) is 0.543. The second-order valence-corrected chi connectivity index (χ2v) is 7.51. The zero-order valence-electron chi connectivity index (χ0n) is 16.9. The molecule has 1 unspecified atom stereocenters. The van der Waals surface area contributed by atoms with Crippen LogP contribution < -0.4 is 16.2 Å². The van der Waals surface area contributed by atoms with Gasteiger partial charge in [0.1, 0.15) is 11.9 Å². The highest BCUT2D eigenvalue weighted by Crippen LogP contribution is 2.21. The van der Waals surface area contributed by atoms with E-state index in [1.165, 1.54) is 0 Å². The van der Waals surface area contributed by atoms with Crippen molar-refractivity contribution in [2.24, 2.45) is 0 Å². The molecule has 2 rings (SSSR count). The van der Waals surface area contributed by atoms with Crippen molar-refractivity contribution in [1.82, 2.24) is 4.90 Å². The first-order valence-electron chi connectivity index (χ1n) is 9.41. The summed E-state index contributed by atoms with van der Waals surface area (Å²) in [5.41, 5.74) is 13.5. The molecule has 5 nitrogen and oxygen atoms in total. The minimum Gasteiger partial charge on any atom is -0.489 e. The summed E-state index contributed by atoms with van der Waals surface area (Å²) >= 11 is 0. The number of nitrogens with zero attached hydrogens (tertiary/aromatic N) is 1. The van der Waals surface area contributed by atoms with E-state index in [1.54, 1.807) is 30.3 Å². The van der Waals surface area contributed by atoms with Gasteiger partial charge in [0, 0.05) is 29.8 Å². The van der Waals surface area contributed by atoms with Gasteiger partial charge in [-0.25, -0.2) is 0 Å². The zero-order chi connectivity index (χ0) is 20.1. The van der Waals surface area contributed by atoms with Crippen molar-refractivity contribution in [3.05, 3.63) is 53.6 Å². The Bertz CT molecular complexity index is 762. The van der Waals surface area contributed by atoms with Gasteiger partial charge in [-0.15, -0.1) is 0 Å². The summed E-state index contributed by atoms with van der Waals surface area (Å²) in [7, 11) is 0. The van der Waals surface area contributed by atoms with Crippen LogP contribution in [0.25, 0.3) is 0 Å². The molecule has 0 aromatic heterocycles. The Labute approximate surface area is 162 Å². The topological polar surface area (TPSA) is 81.6 Å². The average Bonchev–Trinajstić information content (AvgIpc) is 2.61. The van der Waals surface area contributed by atoms with Crippen LogP contribution in [-0.4, -0.2) is 35.4 Å². The molecule has 0 spiro atoms. The molecule has 0 bridgehead atoms. The first-order chi connectivity index (χ1) is 12.7. The maximum atomic E-state index is 12.6. The van der Waals surface area contributed by atoms with E-state index in [4.69, 9.17) is 16.2 Å². The van der Waals surface area contributed by atoms with Crippen LogP contribution in [0.1, 0.15) is 50.5 Å². The van der Waals surface area contributed by atoms with Gasteiger partial charge < -0.3 is 16.2 Å². The van der Waals surface area contributed by atoms with E-state index in [9.17, 15) is 4.79 Å². The van der Waals surface area contributed by atoms with Gasteiger partial charge in [-0.2, -0.15) is 0 Å². The van der Waals surface area contributed by atoms with Gasteiger partial charge in [-0.05, 0) is 77.1 Å². The van der Waals surface area contributed by atoms with E-state index in [0.717, 1.165) is 12.3 Å². The number of benzene rings is 2. The summed E-state index contributed by atoms with van der Waals surface area (Å²) in [4.78, 5) is 15.0. The fourth-order valence-electron chi connectivity index (χ4n) is 3.15. The van der Waals surface area contributed by atoms with Crippen molar-refractivity contribution < 1.29 is 9.53 Å². The molecule has 0 radical (unpaired) electrons. The minimum absolute atomic E-state index is 0.0493. The average molecular weight is 370 g/mol. The summed E-state index contributed by atoms with van der Waals surface area (Å²) in [6.07, 6.45) is 0.0493. The fraction of sp³-hybridized carbons (Fsp3) is 0.409.